The predicted molar refractivity (Wildman–Crippen MR) is 89.4 cm³/mol. The summed E-state index contributed by atoms with van der Waals surface area (Å²) in [5, 5.41) is 12.5. The van der Waals surface area contributed by atoms with Crippen LogP contribution in [0.15, 0.2) is 34.8 Å². The summed E-state index contributed by atoms with van der Waals surface area (Å²) in [6.45, 7) is 3.87. The number of hydrogen-bond acceptors (Lipinski definition) is 3. The first-order valence-electron chi connectivity index (χ1n) is 6.61. The number of anilines is 3. The molecule has 0 unspecified atom stereocenters. The Bertz CT molecular complexity index is 699. The molecule has 0 fully saturated rings. The fraction of sp³-hybridized carbons (Fsp3) is 0.188. The Labute approximate surface area is 132 Å². The summed E-state index contributed by atoms with van der Waals surface area (Å²) in [5.74, 6) is -1.02. The fourth-order valence-corrected chi connectivity index (χ4v) is 2.59. The van der Waals surface area contributed by atoms with Crippen LogP contribution in [0.25, 0.3) is 0 Å². The van der Waals surface area contributed by atoms with Gasteiger partial charge in [0.15, 0.2) is 0 Å². The van der Waals surface area contributed by atoms with Crippen LogP contribution < -0.4 is 11.1 Å². The van der Waals surface area contributed by atoms with E-state index in [9.17, 15) is 9.90 Å². The molecule has 0 radical (unpaired) electrons. The quantitative estimate of drug-likeness (QED) is 0.718. The molecule has 0 spiro atoms. The molecule has 0 saturated heterocycles. The van der Waals surface area contributed by atoms with E-state index in [4.69, 9.17) is 5.73 Å². The number of rotatable bonds is 4. The fourth-order valence-electron chi connectivity index (χ4n) is 2.18. The minimum atomic E-state index is -1.02. The lowest BCUT2D eigenvalue weighted by Gasteiger charge is -2.14. The van der Waals surface area contributed by atoms with E-state index in [1.165, 1.54) is 0 Å². The number of hydrogen-bond donors (Lipinski definition) is 3. The highest BCUT2D eigenvalue weighted by Gasteiger charge is 2.12. The Morgan fingerprint density at radius 3 is 2.67 bits per heavy atom. The van der Waals surface area contributed by atoms with Crippen LogP contribution in [-0.2, 0) is 6.42 Å². The average Bonchev–Trinajstić information content (AvgIpc) is 2.44. The number of nitrogen functional groups attached to an aromatic ring is 1. The summed E-state index contributed by atoms with van der Waals surface area (Å²) in [4.78, 5) is 11.2. The molecule has 0 aliphatic rings. The summed E-state index contributed by atoms with van der Waals surface area (Å²) in [6, 6.07) is 9.37. The first kappa shape index (κ1) is 15.4. The highest BCUT2D eigenvalue weighted by atomic mass is 79.9. The minimum Gasteiger partial charge on any atom is -0.478 e. The Balaban J connectivity index is 2.43. The molecule has 21 heavy (non-hydrogen) atoms. The number of carboxylic acid groups (broad SMARTS) is 1. The van der Waals surface area contributed by atoms with E-state index in [0.717, 1.165) is 33.4 Å². The lowest BCUT2D eigenvalue weighted by Crippen LogP contribution is -2.06. The van der Waals surface area contributed by atoms with Crippen molar-refractivity contribution in [1.82, 2.24) is 0 Å². The predicted octanol–water partition coefficient (Wildman–Crippen LogP) is 4.34. The van der Waals surface area contributed by atoms with Gasteiger partial charge in [0.25, 0.3) is 0 Å². The van der Waals surface area contributed by atoms with E-state index < -0.39 is 5.97 Å². The second-order valence-electron chi connectivity index (χ2n) is 4.84. The summed E-state index contributed by atoms with van der Waals surface area (Å²) in [7, 11) is 0. The molecule has 2 aromatic rings. The van der Waals surface area contributed by atoms with Gasteiger partial charge in [0, 0.05) is 21.5 Å². The van der Waals surface area contributed by atoms with Crippen molar-refractivity contribution < 1.29 is 9.90 Å². The van der Waals surface area contributed by atoms with Gasteiger partial charge in [-0.2, -0.15) is 0 Å². The summed E-state index contributed by atoms with van der Waals surface area (Å²) < 4.78 is 1.02. The van der Waals surface area contributed by atoms with Crippen molar-refractivity contribution in [2.45, 2.75) is 20.3 Å². The number of nitrogens with two attached hydrogens (primary N) is 1. The topological polar surface area (TPSA) is 75.3 Å². The van der Waals surface area contributed by atoms with Crippen LogP contribution >= 0.6 is 15.9 Å². The maximum Gasteiger partial charge on any atom is 0.337 e. The number of benzene rings is 2. The van der Waals surface area contributed by atoms with Gasteiger partial charge >= 0.3 is 5.97 Å². The highest BCUT2D eigenvalue weighted by Crippen LogP contribution is 2.28. The van der Waals surface area contributed by atoms with Gasteiger partial charge in [-0.3, -0.25) is 0 Å². The molecule has 0 heterocycles. The third kappa shape index (κ3) is 3.36. The second kappa shape index (κ2) is 6.18. The van der Waals surface area contributed by atoms with Gasteiger partial charge in [0.2, 0.25) is 0 Å². The first-order chi connectivity index (χ1) is 9.92. The zero-order valence-electron chi connectivity index (χ0n) is 11.9. The standard InChI is InChI=1S/C16H17BrN2O2/c1-3-10-7-11(17)4-5-14(10)19-12-6-9(2)15(18)13(8-12)16(20)21/h4-8,19H,3,18H2,1-2H3,(H,20,21). The Kier molecular flexibility index (Phi) is 4.53. The van der Waals surface area contributed by atoms with Crippen LogP contribution in [0.3, 0.4) is 0 Å². The number of nitrogens with one attached hydrogen (secondary N) is 1. The van der Waals surface area contributed by atoms with E-state index in [2.05, 4.69) is 28.2 Å². The zero-order chi connectivity index (χ0) is 15.6. The maximum absolute atomic E-state index is 11.2. The van der Waals surface area contributed by atoms with Crippen LogP contribution in [0.1, 0.15) is 28.4 Å². The van der Waals surface area contributed by atoms with Crippen LogP contribution in [0.2, 0.25) is 0 Å². The molecule has 0 bridgehead atoms. The molecular formula is C16H17BrN2O2. The van der Waals surface area contributed by atoms with Crippen molar-refractivity contribution in [1.29, 1.82) is 0 Å². The van der Waals surface area contributed by atoms with E-state index >= 15 is 0 Å². The molecule has 110 valence electrons. The van der Waals surface area contributed by atoms with Gasteiger partial charge in [-0.15, -0.1) is 0 Å². The van der Waals surface area contributed by atoms with Crippen LogP contribution in [0, 0.1) is 6.92 Å². The first-order valence-corrected chi connectivity index (χ1v) is 7.40. The van der Waals surface area contributed by atoms with E-state index in [1.807, 2.05) is 24.3 Å². The van der Waals surface area contributed by atoms with E-state index in [1.54, 1.807) is 13.0 Å². The zero-order valence-corrected chi connectivity index (χ0v) is 13.5. The molecule has 2 aromatic carbocycles. The van der Waals surface area contributed by atoms with Crippen LogP contribution in [0.5, 0.6) is 0 Å². The minimum absolute atomic E-state index is 0.118. The molecule has 5 heteroatoms. The SMILES string of the molecule is CCc1cc(Br)ccc1Nc1cc(C)c(N)c(C(=O)O)c1. The molecule has 0 saturated carbocycles. The number of carbonyl (C=O) groups is 1. The van der Waals surface area contributed by atoms with Crippen molar-refractivity contribution in [3.8, 4) is 0 Å². The van der Waals surface area contributed by atoms with Crippen molar-refractivity contribution in [3.63, 3.8) is 0 Å². The Morgan fingerprint density at radius 2 is 2.05 bits per heavy atom. The van der Waals surface area contributed by atoms with Gasteiger partial charge in [-0.1, -0.05) is 22.9 Å². The average molecular weight is 349 g/mol. The monoisotopic (exact) mass is 348 g/mol. The van der Waals surface area contributed by atoms with Crippen molar-refractivity contribution in [3.05, 3.63) is 51.5 Å². The largest absolute Gasteiger partial charge is 0.478 e. The van der Waals surface area contributed by atoms with Gasteiger partial charge in [0.05, 0.1) is 5.56 Å². The van der Waals surface area contributed by atoms with Crippen LogP contribution in [0.4, 0.5) is 17.1 Å². The number of aromatic carboxylic acids is 1. The molecule has 0 aliphatic carbocycles. The second-order valence-corrected chi connectivity index (χ2v) is 5.76. The number of aryl methyl sites for hydroxylation is 2. The molecule has 4 nitrogen and oxygen atoms in total. The van der Waals surface area contributed by atoms with Crippen molar-refractivity contribution in [2.75, 3.05) is 11.1 Å². The number of carboxylic acids is 1. The summed E-state index contributed by atoms with van der Waals surface area (Å²) >= 11 is 3.45. The third-order valence-electron chi connectivity index (χ3n) is 3.34. The van der Waals surface area contributed by atoms with Gasteiger partial charge in [0.1, 0.15) is 0 Å². The molecular weight excluding hydrogens is 332 g/mol. The van der Waals surface area contributed by atoms with Crippen molar-refractivity contribution in [2.24, 2.45) is 0 Å². The highest BCUT2D eigenvalue weighted by molar-refractivity contribution is 9.10. The molecule has 0 amide bonds. The third-order valence-corrected chi connectivity index (χ3v) is 3.84. The molecule has 0 atom stereocenters. The lowest BCUT2D eigenvalue weighted by molar-refractivity contribution is 0.0698. The van der Waals surface area contributed by atoms with Gasteiger partial charge < -0.3 is 16.2 Å². The summed E-state index contributed by atoms with van der Waals surface area (Å²) in [5.41, 5.74) is 9.80. The lowest BCUT2D eigenvalue weighted by atomic mass is 10.1. The number of halogens is 1. The maximum atomic E-state index is 11.2. The molecule has 4 N–H and O–H groups in total. The van der Waals surface area contributed by atoms with E-state index in [0.29, 0.717) is 5.69 Å². The normalized spacial score (nSPS) is 10.4. The van der Waals surface area contributed by atoms with Gasteiger partial charge in [-0.25, -0.2) is 4.79 Å². The van der Waals surface area contributed by atoms with Gasteiger partial charge in [-0.05, 0) is 54.8 Å². The Morgan fingerprint density at radius 1 is 1.33 bits per heavy atom. The Hall–Kier alpha value is -2.01. The smallest absolute Gasteiger partial charge is 0.337 e. The molecule has 0 aromatic heterocycles. The van der Waals surface area contributed by atoms with E-state index in [-0.39, 0.29) is 5.56 Å². The molecule has 2 rings (SSSR count). The van der Waals surface area contributed by atoms with Crippen molar-refractivity contribution >= 4 is 39.0 Å². The van der Waals surface area contributed by atoms with Crippen LogP contribution in [-0.4, -0.2) is 11.1 Å². The summed E-state index contributed by atoms with van der Waals surface area (Å²) in [6.07, 6.45) is 0.877. The molecule has 0 aliphatic heterocycles.